The largest absolute Gasteiger partial charge is 0.456 e. The van der Waals surface area contributed by atoms with Gasteiger partial charge in [0, 0.05) is 38.5 Å². The van der Waals surface area contributed by atoms with Crippen molar-refractivity contribution in [3.63, 3.8) is 0 Å². The van der Waals surface area contributed by atoms with Crippen LogP contribution in [0, 0.1) is 0 Å². The standard InChI is InChI=1S/C45H28N4O/c1-3-13-29(14-4-1)43-46-44(30-15-5-2-6-16-30)48-45(47-43)33-19-11-17-31(27-33)32-18-12-20-34(28-32)49-38-23-9-7-21-35(38)36-25-26-40-41(42(36)49)37-22-8-10-24-39(37)50-40/h1-28H/i8D. The highest BCUT2D eigenvalue weighted by Crippen LogP contribution is 2.41. The van der Waals surface area contributed by atoms with Crippen molar-refractivity contribution in [2.75, 3.05) is 0 Å². The average molecular weight is 642 g/mol. The molecule has 0 atom stereocenters. The second kappa shape index (κ2) is 11.4. The van der Waals surface area contributed by atoms with Gasteiger partial charge in [-0.3, -0.25) is 0 Å². The Labute approximate surface area is 289 Å². The lowest BCUT2D eigenvalue weighted by Crippen LogP contribution is -2.00. The Kier molecular flexibility index (Phi) is 6.18. The van der Waals surface area contributed by atoms with E-state index in [4.69, 9.17) is 20.7 Å². The van der Waals surface area contributed by atoms with Gasteiger partial charge in [0.25, 0.3) is 0 Å². The molecule has 50 heavy (non-hydrogen) atoms. The number of rotatable bonds is 5. The number of fused-ring (bicyclic) bond motifs is 7. The Hall–Kier alpha value is -6.85. The fourth-order valence-corrected chi connectivity index (χ4v) is 7.07. The van der Waals surface area contributed by atoms with Crippen LogP contribution in [-0.4, -0.2) is 19.5 Å². The quantitative estimate of drug-likeness (QED) is 0.188. The summed E-state index contributed by atoms with van der Waals surface area (Å²) in [5.41, 5.74) is 9.69. The zero-order valence-corrected chi connectivity index (χ0v) is 26.8. The summed E-state index contributed by atoms with van der Waals surface area (Å²) >= 11 is 0. The van der Waals surface area contributed by atoms with Gasteiger partial charge in [-0.15, -0.1) is 0 Å². The first-order valence-electron chi connectivity index (χ1n) is 17.1. The highest BCUT2D eigenvalue weighted by atomic mass is 16.3. The highest BCUT2D eigenvalue weighted by Gasteiger charge is 2.19. The predicted octanol–water partition coefficient (Wildman–Crippen LogP) is 11.5. The van der Waals surface area contributed by atoms with E-state index in [0.717, 1.165) is 77.2 Å². The van der Waals surface area contributed by atoms with Crippen LogP contribution in [0.1, 0.15) is 1.37 Å². The van der Waals surface area contributed by atoms with Crippen LogP contribution < -0.4 is 0 Å². The van der Waals surface area contributed by atoms with Gasteiger partial charge in [0.15, 0.2) is 17.5 Å². The van der Waals surface area contributed by atoms with Crippen molar-refractivity contribution in [1.29, 1.82) is 0 Å². The van der Waals surface area contributed by atoms with Crippen LogP contribution >= 0.6 is 0 Å². The summed E-state index contributed by atoms with van der Waals surface area (Å²) in [6.07, 6.45) is 0. The molecule has 10 aromatic rings. The van der Waals surface area contributed by atoms with Crippen LogP contribution in [0.15, 0.2) is 174 Å². The van der Waals surface area contributed by atoms with E-state index in [-0.39, 0.29) is 0 Å². The number of nitrogens with zero attached hydrogens (tertiary/aromatic N) is 4. The van der Waals surface area contributed by atoms with Gasteiger partial charge in [-0.1, -0.05) is 127 Å². The van der Waals surface area contributed by atoms with Crippen molar-refractivity contribution >= 4 is 43.7 Å². The molecular weight excluding hydrogens is 613 g/mol. The van der Waals surface area contributed by atoms with Gasteiger partial charge in [-0.25, -0.2) is 15.0 Å². The molecular formula is C45H28N4O. The summed E-state index contributed by atoms with van der Waals surface area (Å²) in [7, 11) is 0. The van der Waals surface area contributed by atoms with Crippen LogP contribution in [0.4, 0.5) is 0 Å². The third kappa shape index (κ3) is 4.60. The van der Waals surface area contributed by atoms with E-state index in [0.29, 0.717) is 23.5 Å². The minimum Gasteiger partial charge on any atom is -0.456 e. The van der Waals surface area contributed by atoms with Crippen molar-refractivity contribution in [3.05, 3.63) is 170 Å². The fourth-order valence-electron chi connectivity index (χ4n) is 7.07. The molecule has 0 bridgehead atoms. The smallest absolute Gasteiger partial charge is 0.164 e. The summed E-state index contributed by atoms with van der Waals surface area (Å²) in [6.45, 7) is 0. The molecule has 0 amide bonds. The summed E-state index contributed by atoms with van der Waals surface area (Å²) < 4.78 is 17.0. The number of hydrogen-bond acceptors (Lipinski definition) is 4. The summed E-state index contributed by atoms with van der Waals surface area (Å²) in [4.78, 5) is 14.8. The van der Waals surface area contributed by atoms with Crippen LogP contribution in [0.3, 0.4) is 0 Å². The zero-order valence-electron chi connectivity index (χ0n) is 27.8. The minimum atomic E-state index is 0.455. The maximum Gasteiger partial charge on any atom is 0.164 e. The summed E-state index contributed by atoms with van der Waals surface area (Å²) in [5.74, 6) is 1.88. The van der Waals surface area contributed by atoms with E-state index in [1.165, 1.54) is 0 Å². The van der Waals surface area contributed by atoms with Gasteiger partial charge in [0.1, 0.15) is 11.2 Å². The third-order valence-corrected chi connectivity index (χ3v) is 9.37. The third-order valence-electron chi connectivity index (χ3n) is 9.37. The van der Waals surface area contributed by atoms with Crippen molar-refractivity contribution < 1.29 is 5.79 Å². The lowest BCUT2D eigenvalue weighted by Gasteiger charge is -2.12. The number of hydrogen-bond donors (Lipinski definition) is 0. The first kappa shape index (κ1) is 27.1. The molecule has 10 rings (SSSR count). The molecule has 7 aromatic carbocycles. The first-order chi connectivity index (χ1) is 25.2. The van der Waals surface area contributed by atoms with Gasteiger partial charge in [0.2, 0.25) is 0 Å². The molecule has 0 saturated heterocycles. The average Bonchev–Trinajstić information content (AvgIpc) is 3.74. The molecule has 3 aromatic heterocycles. The lowest BCUT2D eigenvalue weighted by atomic mass is 10.0. The summed E-state index contributed by atoms with van der Waals surface area (Å²) in [6, 6.07) is 55.9. The molecule has 234 valence electrons. The maximum absolute atomic E-state index is 8.38. The predicted molar refractivity (Wildman–Crippen MR) is 203 cm³/mol. The van der Waals surface area contributed by atoms with Gasteiger partial charge in [0.05, 0.1) is 17.8 Å². The van der Waals surface area contributed by atoms with Gasteiger partial charge < -0.3 is 8.98 Å². The van der Waals surface area contributed by atoms with Gasteiger partial charge in [-0.05, 0) is 53.6 Å². The molecule has 0 aliphatic rings. The van der Waals surface area contributed by atoms with Crippen molar-refractivity contribution in [3.8, 4) is 51.0 Å². The maximum atomic E-state index is 8.38. The SMILES string of the molecule is [2H]c1ccc2oc3ccc4c5ccccc5n(-c5cccc(-c6cccc(-c7nc(-c8ccccc8)nc(-c8ccccc8)n7)c6)c5)c4c3c2c1. The topological polar surface area (TPSA) is 56.7 Å². The molecule has 0 N–H and O–H groups in total. The molecule has 0 aliphatic carbocycles. The molecule has 0 radical (unpaired) electrons. The number of aromatic nitrogens is 4. The first-order valence-corrected chi connectivity index (χ1v) is 16.6. The van der Waals surface area contributed by atoms with Crippen molar-refractivity contribution in [2.45, 2.75) is 0 Å². The van der Waals surface area contributed by atoms with E-state index in [1.807, 2.05) is 78.9 Å². The second-order valence-electron chi connectivity index (χ2n) is 12.4. The van der Waals surface area contributed by atoms with Crippen molar-refractivity contribution in [2.24, 2.45) is 0 Å². The zero-order chi connectivity index (χ0) is 33.9. The van der Waals surface area contributed by atoms with Crippen LogP contribution in [0.5, 0.6) is 0 Å². The lowest BCUT2D eigenvalue weighted by molar-refractivity contribution is 0.669. The van der Waals surface area contributed by atoms with Gasteiger partial charge in [-0.2, -0.15) is 0 Å². The van der Waals surface area contributed by atoms with Crippen LogP contribution in [0.25, 0.3) is 94.7 Å². The Morgan fingerprint density at radius 3 is 1.82 bits per heavy atom. The second-order valence-corrected chi connectivity index (χ2v) is 12.4. The van der Waals surface area contributed by atoms with E-state index in [1.54, 1.807) is 6.07 Å². The van der Waals surface area contributed by atoms with E-state index in [2.05, 4.69) is 83.4 Å². The van der Waals surface area contributed by atoms with Gasteiger partial charge >= 0.3 is 0 Å². The highest BCUT2D eigenvalue weighted by molar-refractivity contribution is 6.24. The van der Waals surface area contributed by atoms with E-state index >= 15 is 0 Å². The molecule has 5 nitrogen and oxygen atoms in total. The monoisotopic (exact) mass is 641 g/mol. The fraction of sp³-hybridized carbons (Fsp3) is 0. The molecule has 0 saturated carbocycles. The Morgan fingerprint density at radius 1 is 0.440 bits per heavy atom. The number of para-hydroxylation sites is 2. The molecule has 0 unspecified atom stereocenters. The van der Waals surface area contributed by atoms with E-state index in [9.17, 15) is 0 Å². The normalized spacial score (nSPS) is 11.9. The van der Waals surface area contributed by atoms with Crippen LogP contribution in [-0.2, 0) is 0 Å². The molecule has 3 heterocycles. The number of benzene rings is 7. The molecule has 5 heteroatoms. The Morgan fingerprint density at radius 2 is 1.06 bits per heavy atom. The molecule has 0 aliphatic heterocycles. The Bertz CT molecular complexity index is 2870. The molecule has 0 fully saturated rings. The number of furan rings is 1. The van der Waals surface area contributed by atoms with E-state index < -0.39 is 0 Å². The van der Waals surface area contributed by atoms with Crippen LogP contribution in [0.2, 0.25) is 0 Å². The Balaban J connectivity index is 1.15. The minimum absolute atomic E-state index is 0.455. The summed E-state index contributed by atoms with van der Waals surface area (Å²) in [5, 5.41) is 4.26. The van der Waals surface area contributed by atoms with Crippen molar-refractivity contribution in [1.82, 2.24) is 19.5 Å². The molecule has 0 spiro atoms.